The molecule has 3 aromatic rings. The highest BCUT2D eigenvalue weighted by atomic mass is 16.3. The molecule has 1 aromatic carbocycles. The summed E-state index contributed by atoms with van der Waals surface area (Å²) in [6.07, 6.45) is 7.53. The predicted molar refractivity (Wildman–Crippen MR) is 115 cm³/mol. The van der Waals surface area contributed by atoms with Gasteiger partial charge in [0.25, 0.3) is 0 Å². The van der Waals surface area contributed by atoms with Crippen molar-refractivity contribution < 1.29 is 5.11 Å². The summed E-state index contributed by atoms with van der Waals surface area (Å²) in [6.45, 7) is 4.00. The van der Waals surface area contributed by atoms with Gasteiger partial charge in [0.2, 0.25) is 5.95 Å². The van der Waals surface area contributed by atoms with Crippen LogP contribution in [0.15, 0.2) is 36.7 Å². The Hall–Kier alpha value is -3.00. The molecule has 0 amide bonds. The lowest BCUT2D eigenvalue weighted by atomic mass is 9.78. The molecule has 2 atom stereocenters. The second-order valence-electron chi connectivity index (χ2n) is 8.52. The van der Waals surface area contributed by atoms with E-state index in [1.54, 1.807) is 16.9 Å². The van der Waals surface area contributed by atoms with Crippen molar-refractivity contribution in [2.24, 2.45) is 13.0 Å². The van der Waals surface area contributed by atoms with Gasteiger partial charge in [-0.15, -0.1) is 10.2 Å². The Kier molecular flexibility index (Phi) is 4.86. The zero-order valence-corrected chi connectivity index (χ0v) is 17.4. The first kappa shape index (κ1) is 19.0. The zero-order valence-electron chi connectivity index (χ0n) is 17.4. The Morgan fingerprint density at radius 2 is 1.97 bits per heavy atom. The highest BCUT2D eigenvalue weighted by Crippen LogP contribution is 2.33. The number of aromatic nitrogens is 5. The van der Waals surface area contributed by atoms with Crippen LogP contribution >= 0.6 is 0 Å². The quantitative estimate of drug-likeness (QED) is 0.689. The van der Waals surface area contributed by atoms with Crippen LogP contribution < -0.4 is 10.2 Å². The van der Waals surface area contributed by atoms with Gasteiger partial charge in [0, 0.05) is 49.5 Å². The lowest BCUT2D eigenvalue weighted by Crippen LogP contribution is -2.59. The van der Waals surface area contributed by atoms with Crippen LogP contribution in [0.4, 0.5) is 5.95 Å². The Morgan fingerprint density at radius 3 is 2.60 bits per heavy atom. The lowest BCUT2D eigenvalue weighted by Gasteiger charge is -2.43. The number of aryl methyl sites for hydroxylation is 1. The van der Waals surface area contributed by atoms with Crippen molar-refractivity contribution in [3.8, 4) is 28.3 Å². The van der Waals surface area contributed by atoms with Crippen LogP contribution in [0.1, 0.15) is 26.2 Å². The molecule has 156 valence electrons. The Labute approximate surface area is 176 Å². The van der Waals surface area contributed by atoms with Gasteiger partial charge in [-0.25, -0.2) is 4.98 Å². The molecular weight excluding hydrogens is 378 g/mol. The smallest absolute Gasteiger partial charge is 0.245 e. The van der Waals surface area contributed by atoms with Gasteiger partial charge in [0.05, 0.1) is 11.9 Å². The monoisotopic (exact) mass is 405 g/mol. The molecule has 8 nitrogen and oxygen atoms in total. The van der Waals surface area contributed by atoms with Gasteiger partial charge in [-0.1, -0.05) is 12.5 Å². The van der Waals surface area contributed by atoms with Gasteiger partial charge in [-0.2, -0.15) is 5.10 Å². The molecule has 2 N–H and O–H groups in total. The Bertz CT molecular complexity index is 1030. The molecule has 0 bridgehead atoms. The van der Waals surface area contributed by atoms with Gasteiger partial charge in [0.15, 0.2) is 0 Å². The van der Waals surface area contributed by atoms with Crippen LogP contribution in [0.25, 0.3) is 22.5 Å². The van der Waals surface area contributed by atoms with Crippen molar-refractivity contribution in [2.45, 2.75) is 38.3 Å². The van der Waals surface area contributed by atoms with E-state index < -0.39 is 0 Å². The molecule has 2 aromatic heterocycles. The summed E-state index contributed by atoms with van der Waals surface area (Å²) >= 11 is 0. The highest BCUT2D eigenvalue weighted by Gasteiger charge is 2.34. The minimum Gasteiger partial charge on any atom is -0.507 e. The third-order valence-corrected chi connectivity index (χ3v) is 6.24. The minimum absolute atomic E-state index is 0.142. The summed E-state index contributed by atoms with van der Waals surface area (Å²) < 4.78 is 1.74. The molecule has 1 aliphatic heterocycles. The number of hydrogen-bond acceptors (Lipinski definition) is 7. The van der Waals surface area contributed by atoms with E-state index in [1.807, 2.05) is 31.4 Å². The fourth-order valence-electron chi connectivity index (χ4n) is 4.42. The van der Waals surface area contributed by atoms with E-state index in [0.717, 1.165) is 30.3 Å². The molecule has 1 aliphatic carbocycles. The van der Waals surface area contributed by atoms with E-state index in [9.17, 15) is 5.11 Å². The number of phenolic OH excluding ortho intramolecular Hbond substituents is 1. The van der Waals surface area contributed by atoms with Gasteiger partial charge < -0.3 is 15.3 Å². The fourth-order valence-corrected chi connectivity index (χ4v) is 4.42. The number of rotatable bonds is 4. The fraction of sp³-hybridized carbons (Fsp3) is 0.455. The number of piperazine rings is 1. The molecule has 8 heteroatoms. The third kappa shape index (κ3) is 3.63. The van der Waals surface area contributed by atoms with Gasteiger partial charge in [0.1, 0.15) is 11.4 Å². The number of hydrogen-bond donors (Lipinski definition) is 2. The SMILES string of the molecule is C[C@@H]1CN(c2ncc(-c3ccc(-c4ccn(C)n4)cc3O)nn2)C[C@H](C2CCC2)N1. The molecule has 3 heterocycles. The summed E-state index contributed by atoms with van der Waals surface area (Å²) in [6, 6.07) is 8.27. The van der Waals surface area contributed by atoms with Crippen molar-refractivity contribution in [1.29, 1.82) is 0 Å². The van der Waals surface area contributed by atoms with Crippen LogP contribution in [0.2, 0.25) is 0 Å². The summed E-state index contributed by atoms with van der Waals surface area (Å²) in [5.74, 6) is 1.56. The summed E-state index contributed by atoms with van der Waals surface area (Å²) in [5.41, 5.74) is 2.84. The highest BCUT2D eigenvalue weighted by molar-refractivity contribution is 5.72. The molecule has 30 heavy (non-hydrogen) atoms. The second kappa shape index (κ2) is 7.68. The van der Waals surface area contributed by atoms with Crippen LogP contribution in [-0.2, 0) is 7.05 Å². The van der Waals surface area contributed by atoms with Crippen molar-refractivity contribution >= 4 is 5.95 Å². The molecular formula is C22H27N7O. The average molecular weight is 406 g/mol. The Morgan fingerprint density at radius 1 is 1.10 bits per heavy atom. The van der Waals surface area contributed by atoms with Crippen LogP contribution in [0.5, 0.6) is 5.75 Å². The van der Waals surface area contributed by atoms with Gasteiger partial charge in [-0.3, -0.25) is 4.68 Å². The lowest BCUT2D eigenvalue weighted by molar-refractivity contribution is 0.202. The van der Waals surface area contributed by atoms with Crippen LogP contribution in [0.3, 0.4) is 0 Å². The van der Waals surface area contributed by atoms with Crippen molar-refractivity contribution in [2.75, 3.05) is 18.0 Å². The number of nitrogens with one attached hydrogen (secondary N) is 1. The van der Waals surface area contributed by atoms with Gasteiger partial charge in [-0.05, 0) is 43.9 Å². The van der Waals surface area contributed by atoms with E-state index in [2.05, 4.69) is 37.4 Å². The van der Waals surface area contributed by atoms with Crippen LogP contribution in [0, 0.1) is 5.92 Å². The maximum atomic E-state index is 10.5. The number of benzene rings is 1. The molecule has 2 fully saturated rings. The van der Waals surface area contributed by atoms with E-state index in [1.165, 1.54) is 19.3 Å². The van der Waals surface area contributed by atoms with E-state index in [4.69, 9.17) is 0 Å². The molecule has 2 aliphatic rings. The predicted octanol–water partition coefficient (Wildman–Crippen LogP) is 2.61. The molecule has 0 spiro atoms. The van der Waals surface area contributed by atoms with Crippen molar-refractivity contribution in [3.05, 3.63) is 36.7 Å². The average Bonchev–Trinajstić information content (AvgIpc) is 3.13. The number of phenols is 1. The minimum atomic E-state index is 0.142. The molecule has 0 radical (unpaired) electrons. The van der Waals surface area contributed by atoms with E-state index in [-0.39, 0.29) is 5.75 Å². The summed E-state index contributed by atoms with van der Waals surface area (Å²) in [4.78, 5) is 6.80. The standard InChI is InChI=1S/C22H27N7O/c1-14-12-29(13-20(24-14)15-4-3-5-15)22-23-11-19(25-26-22)17-7-6-16(10-21(17)30)18-8-9-28(2)27-18/h6-11,14-15,20,24,30H,3-5,12-13H2,1-2H3/t14-,20-/m1/s1. The molecule has 1 saturated carbocycles. The molecule has 0 unspecified atom stereocenters. The van der Waals surface area contributed by atoms with Crippen LogP contribution in [-0.4, -0.2) is 55.2 Å². The first-order valence-corrected chi connectivity index (χ1v) is 10.6. The van der Waals surface area contributed by atoms with Gasteiger partial charge >= 0.3 is 0 Å². The molecule has 5 rings (SSSR count). The number of nitrogens with zero attached hydrogens (tertiary/aromatic N) is 6. The number of aromatic hydroxyl groups is 1. The van der Waals surface area contributed by atoms with Crippen molar-refractivity contribution in [1.82, 2.24) is 30.3 Å². The summed E-state index contributed by atoms with van der Waals surface area (Å²) in [5, 5.41) is 27.4. The maximum absolute atomic E-state index is 10.5. The maximum Gasteiger partial charge on any atom is 0.245 e. The van der Waals surface area contributed by atoms with Crippen molar-refractivity contribution in [3.63, 3.8) is 0 Å². The van der Waals surface area contributed by atoms with E-state index in [0.29, 0.717) is 29.3 Å². The largest absolute Gasteiger partial charge is 0.507 e. The first-order chi connectivity index (χ1) is 14.6. The third-order valence-electron chi connectivity index (χ3n) is 6.24. The van der Waals surface area contributed by atoms with E-state index >= 15 is 0 Å². The normalized spacial score (nSPS) is 22.1. The second-order valence-corrected chi connectivity index (χ2v) is 8.52. The zero-order chi connectivity index (χ0) is 20.7. The number of anilines is 1. The summed E-state index contributed by atoms with van der Waals surface area (Å²) in [7, 11) is 1.87. The first-order valence-electron chi connectivity index (χ1n) is 10.6. The molecule has 1 saturated heterocycles. The Balaban J connectivity index is 1.34. The topological polar surface area (TPSA) is 92.0 Å².